The zero-order valence-electron chi connectivity index (χ0n) is 14.0. The Morgan fingerprint density at radius 2 is 1.89 bits per heavy atom. The predicted molar refractivity (Wildman–Crippen MR) is 109 cm³/mol. The van der Waals surface area contributed by atoms with E-state index in [1.165, 1.54) is 17.6 Å². The maximum absolute atomic E-state index is 12.6. The number of thiophene rings is 1. The number of benzene rings is 1. The lowest BCUT2D eigenvalue weighted by Gasteiger charge is -2.04. The van der Waals surface area contributed by atoms with E-state index in [1.807, 2.05) is 12.1 Å². The highest BCUT2D eigenvalue weighted by Gasteiger charge is 2.20. The van der Waals surface area contributed by atoms with Gasteiger partial charge in [0.25, 0.3) is 0 Å². The number of amidine groups is 1. The minimum atomic E-state index is -0.236. The zero-order valence-corrected chi connectivity index (χ0v) is 16.4. The van der Waals surface area contributed by atoms with Gasteiger partial charge in [-0.15, -0.1) is 23.7 Å². The summed E-state index contributed by atoms with van der Waals surface area (Å²) >= 11 is 7.24. The SMILES string of the molecule is Cl.N=C(N)CC(=O)Cc1cc(C(=O)c2ccco2)sc1-c1ccc(Cl)cc1. The lowest BCUT2D eigenvalue weighted by Crippen LogP contribution is -2.16. The minimum absolute atomic E-state index is 0. The molecule has 0 unspecified atom stereocenters. The van der Waals surface area contributed by atoms with Crippen LogP contribution in [0.15, 0.2) is 53.1 Å². The Balaban J connectivity index is 0.00000261. The number of furan rings is 1. The molecule has 0 amide bonds. The highest BCUT2D eigenvalue weighted by molar-refractivity contribution is 7.17. The van der Waals surface area contributed by atoms with Crippen LogP contribution in [0.4, 0.5) is 0 Å². The second-order valence-electron chi connectivity index (χ2n) is 5.70. The number of ketones is 2. The van der Waals surface area contributed by atoms with Crippen molar-refractivity contribution in [2.45, 2.75) is 12.8 Å². The lowest BCUT2D eigenvalue weighted by atomic mass is 10.0. The maximum atomic E-state index is 12.6. The van der Waals surface area contributed by atoms with Gasteiger partial charge in [0.2, 0.25) is 5.78 Å². The summed E-state index contributed by atoms with van der Waals surface area (Å²) in [5, 5.41) is 7.88. The summed E-state index contributed by atoms with van der Waals surface area (Å²) in [6, 6.07) is 12.2. The van der Waals surface area contributed by atoms with Crippen LogP contribution < -0.4 is 5.73 Å². The molecule has 0 atom stereocenters. The van der Waals surface area contributed by atoms with E-state index in [1.54, 1.807) is 30.3 Å². The first-order valence-corrected chi connectivity index (χ1v) is 8.95. The van der Waals surface area contributed by atoms with Crippen molar-refractivity contribution in [1.29, 1.82) is 5.41 Å². The van der Waals surface area contributed by atoms with Gasteiger partial charge in [0.15, 0.2) is 5.76 Å². The summed E-state index contributed by atoms with van der Waals surface area (Å²) < 4.78 is 5.18. The molecule has 0 aliphatic heterocycles. The first kappa shape index (κ1) is 20.9. The standard InChI is InChI=1S/C19H15ClN2O3S.ClH/c20-13-5-3-11(4-6-13)19-12(8-14(23)10-17(21)22)9-16(26-19)18(24)15-2-1-7-25-15;/h1-7,9H,8,10H2,(H3,21,22);1H. The second-order valence-corrected chi connectivity index (χ2v) is 7.18. The van der Waals surface area contributed by atoms with Crippen molar-refractivity contribution in [3.05, 3.63) is 70.0 Å². The Morgan fingerprint density at radius 1 is 1.19 bits per heavy atom. The van der Waals surface area contributed by atoms with Gasteiger partial charge in [0.1, 0.15) is 5.78 Å². The van der Waals surface area contributed by atoms with E-state index >= 15 is 0 Å². The number of carbonyl (C=O) groups excluding carboxylic acids is 2. The van der Waals surface area contributed by atoms with Crippen LogP contribution >= 0.6 is 35.3 Å². The fourth-order valence-electron chi connectivity index (χ4n) is 2.53. The molecule has 3 aromatic rings. The predicted octanol–water partition coefficient (Wildman–Crippen LogP) is 4.75. The zero-order chi connectivity index (χ0) is 18.7. The summed E-state index contributed by atoms with van der Waals surface area (Å²) in [5.41, 5.74) is 6.90. The van der Waals surface area contributed by atoms with Crippen LogP contribution in [0.5, 0.6) is 0 Å². The number of carbonyl (C=O) groups is 2. The molecule has 3 N–H and O–H groups in total. The van der Waals surface area contributed by atoms with Crippen molar-refractivity contribution in [1.82, 2.24) is 0 Å². The van der Waals surface area contributed by atoms with Crippen LogP contribution in [0.2, 0.25) is 5.02 Å². The quantitative estimate of drug-likeness (QED) is 0.326. The topological polar surface area (TPSA) is 97.1 Å². The third kappa shape index (κ3) is 5.07. The summed E-state index contributed by atoms with van der Waals surface area (Å²) in [4.78, 5) is 26.0. The van der Waals surface area contributed by atoms with Gasteiger partial charge in [-0.2, -0.15) is 0 Å². The van der Waals surface area contributed by atoms with Crippen molar-refractivity contribution in [2.75, 3.05) is 0 Å². The van der Waals surface area contributed by atoms with Crippen LogP contribution in [0.1, 0.15) is 27.4 Å². The molecular formula is C19H16Cl2N2O3S. The number of nitrogens with two attached hydrogens (primary N) is 1. The summed E-state index contributed by atoms with van der Waals surface area (Å²) in [7, 11) is 0. The fraction of sp³-hybridized carbons (Fsp3) is 0.105. The lowest BCUT2D eigenvalue weighted by molar-refractivity contribution is -0.117. The normalized spacial score (nSPS) is 10.3. The van der Waals surface area contributed by atoms with E-state index in [-0.39, 0.29) is 48.4 Å². The van der Waals surface area contributed by atoms with Gasteiger partial charge in [-0.3, -0.25) is 15.0 Å². The largest absolute Gasteiger partial charge is 0.461 e. The summed E-state index contributed by atoms with van der Waals surface area (Å²) in [6.07, 6.45) is 1.43. The van der Waals surface area contributed by atoms with Crippen molar-refractivity contribution >= 4 is 52.7 Å². The van der Waals surface area contributed by atoms with Crippen molar-refractivity contribution < 1.29 is 14.0 Å². The van der Waals surface area contributed by atoms with Crippen LogP contribution in [-0.4, -0.2) is 17.4 Å². The maximum Gasteiger partial charge on any atom is 0.238 e. The van der Waals surface area contributed by atoms with E-state index in [2.05, 4.69) is 0 Å². The smallest absolute Gasteiger partial charge is 0.238 e. The fourth-order valence-corrected chi connectivity index (χ4v) is 3.79. The van der Waals surface area contributed by atoms with E-state index in [0.717, 1.165) is 16.0 Å². The Bertz CT molecular complexity index is 964. The highest BCUT2D eigenvalue weighted by Crippen LogP contribution is 2.35. The number of hydrogen-bond acceptors (Lipinski definition) is 5. The van der Waals surface area contributed by atoms with Gasteiger partial charge >= 0.3 is 0 Å². The molecule has 1 aromatic carbocycles. The molecule has 3 rings (SSSR count). The molecular weight excluding hydrogens is 407 g/mol. The first-order valence-electron chi connectivity index (χ1n) is 7.75. The van der Waals surface area contributed by atoms with E-state index in [0.29, 0.717) is 9.90 Å². The van der Waals surface area contributed by atoms with Crippen LogP contribution in [-0.2, 0) is 11.2 Å². The van der Waals surface area contributed by atoms with Crippen molar-refractivity contribution in [3.8, 4) is 10.4 Å². The molecule has 27 heavy (non-hydrogen) atoms. The Kier molecular flexibility index (Phi) is 6.96. The molecule has 0 spiro atoms. The molecule has 0 aliphatic carbocycles. The summed E-state index contributed by atoms with van der Waals surface area (Å²) in [5.74, 6) is -0.344. The molecule has 140 valence electrons. The molecule has 5 nitrogen and oxygen atoms in total. The third-order valence-electron chi connectivity index (χ3n) is 3.66. The van der Waals surface area contributed by atoms with Crippen LogP contribution in [0, 0.1) is 5.41 Å². The first-order chi connectivity index (χ1) is 12.4. The van der Waals surface area contributed by atoms with Crippen molar-refractivity contribution in [2.24, 2.45) is 5.73 Å². The molecule has 0 fully saturated rings. The van der Waals surface area contributed by atoms with E-state index in [4.69, 9.17) is 27.2 Å². The minimum Gasteiger partial charge on any atom is -0.461 e. The number of halogens is 2. The third-order valence-corrected chi connectivity index (χ3v) is 5.14. The molecule has 0 radical (unpaired) electrons. The van der Waals surface area contributed by atoms with Crippen molar-refractivity contribution in [3.63, 3.8) is 0 Å². The Labute approximate surface area is 171 Å². The van der Waals surface area contributed by atoms with Gasteiger partial charge in [-0.25, -0.2) is 0 Å². The average molecular weight is 423 g/mol. The summed E-state index contributed by atoms with van der Waals surface area (Å²) in [6.45, 7) is 0. The second kappa shape index (κ2) is 8.99. The molecule has 2 aromatic heterocycles. The van der Waals surface area contributed by atoms with Gasteiger partial charge < -0.3 is 10.2 Å². The number of hydrogen-bond donors (Lipinski definition) is 2. The Morgan fingerprint density at radius 3 is 2.48 bits per heavy atom. The number of nitrogens with one attached hydrogen (secondary N) is 1. The molecule has 0 bridgehead atoms. The molecule has 0 saturated heterocycles. The van der Waals surface area contributed by atoms with Gasteiger partial charge in [-0.05, 0) is 41.5 Å². The molecule has 8 heteroatoms. The van der Waals surface area contributed by atoms with Gasteiger partial charge in [0.05, 0.1) is 23.4 Å². The molecule has 0 aliphatic rings. The number of rotatable bonds is 7. The monoisotopic (exact) mass is 422 g/mol. The number of Topliss-reactive ketones (excluding diaryl/α,β-unsaturated/α-hetero) is 1. The van der Waals surface area contributed by atoms with E-state index < -0.39 is 0 Å². The van der Waals surface area contributed by atoms with Gasteiger partial charge in [0, 0.05) is 16.3 Å². The molecule has 0 saturated carbocycles. The van der Waals surface area contributed by atoms with Crippen LogP contribution in [0.25, 0.3) is 10.4 Å². The van der Waals surface area contributed by atoms with Gasteiger partial charge in [-0.1, -0.05) is 23.7 Å². The molecule has 2 heterocycles. The van der Waals surface area contributed by atoms with E-state index in [9.17, 15) is 9.59 Å². The highest BCUT2D eigenvalue weighted by atomic mass is 35.5. The average Bonchev–Trinajstić information content (AvgIpc) is 3.24. The van der Waals surface area contributed by atoms with Crippen LogP contribution in [0.3, 0.4) is 0 Å². The Hall–Kier alpha value is -2.41.